The molecule has 3 aromatic heterocycles. The quantitative estimate of drug-likeness (QED) is 0.242. The van der Waals surface area contributed by atoms with Gasteiger partial charge in [-0.3, -0.25) is 9.13 Å². The van der Waals surface area contributed by atoms with Crippen molar-refractivity contribution in [2.24, 2.45) is 14.1 Å². The third-order valence-corrected chi connectivity index (χ3v) is 6.34. The van der Waals surface area contributed by atoms with Crippen LogP contribution in [0.25, 0.3) is 16.7 Å². The highest BCUT2D eigenvalue weighted by Crippen LogP contribution is 2.27. The average Bonchev–Trinajstić information content (AvgIpc) is 3.40. The third-order valence-electron chi connectivity index (χ3n) is 6.34. The zero-order chi connectivity index (χ0) is 27.0. The van der Waals surface area contributed by atoms with E-state index in [9.17, 15) is 14.9 Å². The third kappa shape index (κ3) is 4.43. The average molecular weight is 516 g/mol. The standard InChI is InChI=1S/C26H25N7O5/c1-16-11-20(38-15-18-13-28-25(30(18)2)33(35)36)9-10-21(16)29-24-12-22-23(14-27-24)31(3)26(34)32(22)17-5-7-19(37-4)8-6-17/h5-14H,15H2,1-4H3,(H,27,29). The summed E-state index contributed by atoms with van der Waals surface area (Å²) in [5, 5.41) is 14.3. The zero-order valence-corrected chi connectivity index (χ0v) is 21.2. The van der Waals surface area contributed by atoms with Gasteiger partial charge in [-0.05, 0) is 59.9 Å². The molecule has 1 N–H and O–H groups in total. The molecule has 0 aliphatic rings. The van der Waals surface area contributed by atoms with Gasteiger partial charge in [-0.1, -0.05) is 4.98 Å². The second kappa shape index (κ2) is 9.73. The Labute approximate surface area is 216 Å². The smallest absolute Gasteiger partial charge is 0.434 e. The number of ether oxygens (including phenoxy) is 2. The lowest BCUT2D eigenvalue weighted by molar-refractivity contribution is -0.396. The molecular formula is C26H25N7O5. The van der Waals surface area contributed by atoms with Crippen molar-refractivity contribution in [1.82, 2.24) is 23.7 Å². The van der Waals surface area contributed by atoms with Crippen LogP contribution in [0.4, 0.5) is 17.5 Å². The number of aryl methyl sites for hydroxylation is 2. The summed E-state index contributed by atoms with van der Waals surface area (Å²) in [5.41, 5.74) is 4.25. The summed E-state index contributed by atoms with van der Waals surface area (Å²) in [4.78, 5) is 31.8. The van der Waals surface area contributed by atoms with Crippen LogP contribution in [0.15, 0.2) is 65.7 Å². The van der Waals surface area contributed by atoms with E-state index in [1.54, 1.807) is 42.6 Å². The summed E-state index contributed by atoms with van der Waals surface area (Å²) in [6, 6.07) is 14.6. The molecule has 12 heteroatoms. The minimum absolute atomic E-state index is 0.138. The molecule has 0 unspecified atom stereocenters. The second-order valence-electron chi connectivity index (χ2n) is 8.69. The van der Waals surface area contributed by atoms with E-state index in [2.05, 4.69) is 15.3 Å². The number of nitrogens with one attached hydrogen (secondary N) is 1. The van der Waals surface area contributed by atoms with Crippen molar-refractivity contribution >= 4 is 28.5 Å². The minimum Gasteiger partial charge on any atom is -0.497 e. The molecule has 12 nitrogen and oxygen atoms in total. The van der Waals surface area contributed by atoms with E-state index in [1.165, 1.54) is 10.8 Å². The van der Waals surface area contributed by atoms with Gasteiger partial charge < -0.3 is 24.9 Å². The van der Waals surface area contributed by atoms with Crippen LogP contribution in [0.5, 0.6) is 11.5 Å². The summed E-state index contributed by atoms with van der Waals surface area (Å²) >= 11 is 0. The van der Waals surface area contributed by atoms with Gasteiger partial charge in [0.05, 0.1) is 37.1 Å². The number of nitro groups is 1. The molecule has 0 radical (unpaired) electrons. The lowest BCUT2D eigenvalue weighted by Crippen LogP contribution is -2.20. The number of methoxy groups -OCH3 is 1. The van der Waals surface area contributed by atoms with Gasteiger partial charge in [-0.2, -0.15) is 0 Å². The van der Waals surface area contributed by atoms with Crippen molar-refractivity contribution < 1.29 is 14.4 Å². The van der Waals surface area contributed by atoms with E-state index in [0.717, 1.165) is 16.9 Å². The van der Waals surface area contributed by atoms with Crippen LogP contribution in [0.3, 0.4) is 0 Å². The normalized spacial score (nSPS) is 11.1. The van der Waals surface area contributed by atoms with Crippen molar-refractivity contribution in [3.05, 3.63) is 92.8 Å². The molecule has 3 heterocycles. The van der Waals surface area contributed by atoms with E-state index < -0.39 is 4.92 Å². The van der Waals surface area contributed by atoms with E-state index in [-0.39, 0.29) is 18.2 Å². The van der Waals surface area contributed by atoms with Crippen molar-refractivity contribution in [1.29, 1.82) is 0 Å². The maximum Gasteiger partial charge on any atom is 0.434 e. The van der Waals surface area contributed by atoms with Crippen LogP contribution in [0.2, 0.25) is 0 Å². The highest BCUT2D eigenvalue weighted by Gasteiger charge is 2.18. The van der Waals surface area contributed by atoms with Gasteiger partial charge in [0, 0.05) is 18.8 Å². The fourth-order valence-corrected chi connectivity index (χ4v) is 4.18. The van der Waals surface area contributed by atoms with Crippen LogP contribution in [-0.2, 0) is 20.7 Å². The number of pyridine rings is 1. The molecule has 0 spiro atoms. The van der Waals surface area contributed by atoms with Crippen LogP contribution < -0.4 is 20.5 Å². The lowest BCUT2D eigenvalue weighted by atomic mass is 10.2. The summed E-state index contributed by atoms with van der Waals surface area (Å²) in [6.45, 7) is 2.07. The van der Waals surface area contributed by atoms with Crippen molar-refractivity contribution in [3.8, 4) is 17.2 Å². The van der Waals surface area contributed by atoms with Crippen molar-refractivity contribution in [3.63, 3.8) is 0 Å². The van der Waals surface area contributed by atoms with Crippen molar-refractivity contribution in [2.45, 2.75) is 13.5 Å². The van der Waals surface area contributed by atoms with E-state index in [0.29, 0.717) is 34.0 Å². The molecule has 0 saturated carbocycles. The number of fused-ring (bicyclic) bond motifs is 1. The molecule has 0 bridgehead atoms. The molecule has 0 atom stereocenters. The van der Waals surface area contributed by atoms with Gasteiger partial charge in [0.15, 0.2) is 5.69 Å². The van der Waals surface area contributed by atoms with Gasteiger partial charge in [0.1, 0.15) is 30.1 Å². The Morgan fingerprint density at radius 2 is 1.71 bits per heavy atom. The molecule has 194 valence electrons. The molecule has 2 aromatic carbocycles. The van der Waals surface area contributed by atoms with Gasteiger partial charge in [0.2, 0.25) is 0 Å². The molecule has 0 saturated heterocycles. The Morgan fingerprint density at radius 3 is 2.37 bits per heavy atom. The molecule has 0 aliphatic heterocycles. The highest BCUT2D eigenvalue weighted by atomic mass is 16.6. The molecule has 38 heavy (non-hydrogen) atoms. The Bertz CT molecular complexity index is 1720. The SMILES string of the molecule is COc1ccc(-n2c(=O)n(C)c3cnc(Nc4ccc(OCc5cnc([N+](=O)[O-])n5C)cc4C)cc32)cc1. The first-order chi connectivity index (χ1) is 18.3. The minimum atomic E-state index is -0.536. The van der Waals surface area contributed by atoms with Gasteiger partial charge >= 0.3 is 11.6 Å². The molecule has 0 fully saturated rings. The summed E-state index contributed by atoms with van der Waals surface area (Å²) in [6.07, 6.45) is 3.09. The topological polar surface area (TPSA) is 131 Å². The number of anilines is 2. The Hall–Kier alpha value is -5.13. The molecule has 5 aromatic rings. The number of nitrogens with zero attached hydrogens (tertiary/aromatic N) is 6. The van der Waals surface area contributed by atoms with E-state index in [1.807, 2.05) is 49.4 Å². The second-order valence-corrected chi connectivity index (χ2v) is 8.69. The van der Waals surface area contributed by atoms with Crippen LogP contribution in [0.1, 0.15) is 11.3 Å². The number of benzene rings is 2. The Balaban J connectivity index is 1.38. The number of hydrogen-bond acceptors (Lipinski definition) is 8. The fraction of sp³-hybridized carbons (Fsp3) is 0.192. The van der Waals surface area contributed by atoms with Crippen LogP contribution in [-0.4, -0.2) is 35.7 Å². The zero-order valence-electron chi connectivity index (χ0n) is 21.2. The first kappa shape index (κ1) is 24.6. The Morgan fingerprint density at radius 1 is 0.974 bits per heavy atom. The lowest BCUT2D eigenvalue weighted by Gasteiger charge is -2.12. The van der Waals surface area contributed by atoms with E-state index >= 15 is 0 Å². The molecular weight excluding hydrogens is 490 g/mol. The van der Waals surface area contributed by atoms with Gasteiger partial charge in [0.25, 0.3) is 0 Å². The number of hydrogen-bond donors (Lipinski definition) is 1. The largest absolute Gasteiger partial charge is 0.497 e. The first-order valence-electron chi connectivity index (χ1n) is 11.6. The summed E-state index contributed by atoms with van der Waals surface area (Å²) in [7, 11) is 4.89. The maximum atomic E-state index is 13.0. The summed E-state index contributed by atoms with van der Waals surface area (Å²) < 4.78 is 15.6. The number of imidazole rings is 2. The molecule has 5 rings (SSSR count). The first-order valence-corrected chi connectivity index (χ1v) is 11.6. The van der Waals surface area contributed by atoms with Crippen LogP contribution >= 0.6 is 0 Å². The number of rotatable bonds is 8. The maximum absolute atomic E-state index is 13.0. The predicted molar refractivity (Wildman–Crippen MR) is 142 cm³/mol. The highest BCUT2D eigenvalue weighted by molar-refractivity contribution is 5.81. The predicted octanol–water partition coefficient (Wildman–Crippen LogP) is 4.01. The van der Waals surface area contributed by atoms with Crippen LogP contribution in [0, 0.1) is 17.0 Å². The van der Waals surface area contributed by atoms with Gasteiger partial charge in [-0.15, -0.1) is 0 Å². The fourth-order valence-electron chi connectivity index (χ4n) is 4.18. The molecule has 0 aliphatic carbocycles. The molecule has 0 amide bonds. The Kier molecular flexibility index (Phi) is 6.29. The van der Waals surface area contributed by atoms with Crippen molar-refractivity contribution in [2.75, 3.05) is 12.4 Å². The van der Waals surface area contributed by atoms with E-state index in [4.69, 9.17) is 9.47 Å². The van der Waals surface area contributed by atoms with Gasteiger partial charge in [-0.25, -0.2) is 14.3 Å². The number of aromatic nitrogens is 5. The summed E-state index contributed by atoms with van der Waals surface area (Å²) in [5.74, 6) is 1.65. The monoisotopic (exact) mass is 515 g/mol.